The molecule has 0 fully saturated rings. The predicted octanol–water partition coefficient (Wildman–Crippen LogP) is 2.82. The average molecular weight is 343 g/mol. The Labute approximate surface area is 145 Å². The van der Waals surface area contributed by atoms with E-state index in [9.17, 15) is 0 Å². The van der Waals surface area contributed by atoms with Gasteiger partial charge in [0, 0.05) is 36.8 Å². The Morgan fingerprint density at radius 2 is 2.12 bits per heavy atom. The molecule has 1 aliphatic rings. The third kappa shape index (κ3) is 2.72. The smallest absolute Gasteiger partial charge is 0.0926 e. The number of fused-ring (bicyclic) bond motifs is 1. The Morgan fingerprint density at radius 1 is 1.29 bits per heavy atom. The molecule has 2 aromatic heterocycles. The van der Waals surface area contributed by atoms with Crippen LogP contribution in [0.4, 0.5) is 0 Å². The van der Waals surface area contributed by atoms with Crippen LogP contribution in [0.2, 0.25) is 5.02 Å². The van der Waals surface area contributed by atoms with Crippen LogP contribution in [0.15, 0.2) is 36.8 Å². The molecule has 0 bridgehead atoms. The van der Waals surface area contributed by atoms with Crippen LogP contribution in [0.25, 0.3) is 0 Å². The average Bonchev–Trinajstić information content (AvgIpc) is 3.24. The van der Waals surface area contributed by atoms with Crippen molar-refractivity contribution in [2.24, 2.45) is 0 Å². The Kier molecular flexibility index (Phi) is 4.08. The number of halogens is 1. The molecule has 6 nitrogen and oxygen atoms in total. The maximum atomic E-state index is 6.07. The molecule has 24 heavy (non-hydrogen) atoms. The highest BCUT2D eigenvalue weighted by molar-refractivity contribution is 6.30. The summed E-state index contributed by atoms with van der Waals surface area (Å²) in [6.45, 7) is 4.65. The van der Waals surface area contributed by atoms with Gasteiger partial charge in [-0.05, 0) is 24.6 Å². The van der Waals surface area contributed by atoms with Crippen molar-refractivity contribution in [1.29, 1.82) is 0 Å². The molecular formula is C17H19ClN6. The Bertz CT molecular complexity index is 822. The Hall–Kier alpha value is -2.18. The van der Waals surface area contributed by atoms with Gasteiger partial charge in [0.15, 0.2) is 0 Å². The standard InChI is InChI=1S/C17H19ClN6/c1-2-24-14(9-21-22-24)10-23-8-7-15-16(20-11-19-15)17(23)12-3-5-13(18)6-4-12/h3-6,9,11,17H,2,7-8,10H2,1H3,(H,19,20). The van der Waals surface area contributed by atoms with Gasteiger partial charge in [-0.25, -0.2) is 9.67 Å². The zero-order valence-electron chi connectivity index (χ0n) is 13.5. The predicted molar refractivity (Wildman–Crippen MR) is 91.7 cm³/mol. The fourth-order valence-electron chi connectivity index (χ4n) is 3.38. The number of aromatic amines is 1. The van der Waals surface area contributed by atoms with Crippen molar-refractivity contribution in [2.75, 3.05) is 6.54 Å². The lowest BCUT2D eigenvalue weighted by Crippen LogP contribution is -2.36. The molecule has 1 aromatic carbocycles. The molecule has 1 N–H and O–H groups in total. The van der Waals surface area contributed by atoms with Crippen molar-refractivity contribution < 1.29 is 0 Å². The van der Waals surface area contributed by atoms with Crippen LogP contribution in [0.5, 0.6) is 0 Å². The summed E-state index contributed by atoms with van der Waals surface area (Å²) in [5.74, 6) is 0. The summed E-state index contributed by atoms with van der Waals surface area (Å²) in [5.41, 5.74) is 4.63. The zero-order chi connectivity index (χ0) is 16.5. The van der Waals surface area contributed by atoms with Crippen LogP contribution < -0.4 is 0 Å². The molecule has 3 heterocycles. The van der Waals surface area contributed by atoms with Crippen molar-refractivity contribution in [1.82, 2.24) is 29.9 Å². The van der Waals surface area contributed by atoms with Gasteiger partial charge in [0.25, 0.3) is 0 Å². The van der Waals surface area contributed by atoms with E-state index in [0.29, 0.717) is 0 Å². The van der Waals surface area contributed by atoms with Crippen LogP contribution >= 0.6 is 11.6 Å². The molecule has 1 atom stereocenters. The molecule has 4 rings (SSSR count). The number of benzene rings is 1. The summed E-state index contributed by atoms with van der Waals surface area (Å²) >= 11 is 6.07. The lowest BCUT2D eigenvalue weighted by molar-refractivity contribution is 0.194. The maximum Gasteiger partial charge on any atom is 0.0926 e. The van der Waals surface area contributed by atoms with Gasteiger partial charge < -0.3 is 4.98 Å². The summed E-state index contributed by atoms with van der Waals surface area (Å²) in [6.07, 6.45) is 4.60. The zero-order valence-corrected chi connectivity index (χ0v) is 14.2. The molecule has 0 radical (unpaired) electrons. The second kappa shape index (κ2) is 6.37. The number of hydrogen-bond donors (Lipinski definition) is 1. The third-order valence-electron chi connectivity index (χ3n) is 4.57. The summed E-state index contributed by atoms with van der Waals surface area (Å²) in [5, 5.41) is 8.94. The van der Waals surface area contributed by atoms with Gasteiger partial charge >= 0.3 is 0 Å². The molecule has 7 heteroatoms. The second-order valence-corrected chi connectivity index (χ2v) is 6.42. The molecule has 0 spiro atoms. The van der Waals surface area contributed by atoms with E-state index in [2.05, 4.69) is 44.2 Å². The lowest BCUT2D eigenvalue weighted by Gasteiger charge is -2.35. The minimum Gasteiger partial charge on any atom is -0.348 e. The number of aryl methyl sites for hydroxylation is 1. The topological polar surface area (TPSA) is 62.6 Å². The highest BCUT2D eigenvalue weighted by atomic mass is 35.5. The monoisotopic (exact) mass is 342 g/mol. The van der Waals surface area contributed by atoms with Crippen molar-refractivity contribution in [3.63, 3.8) is 0 Å². The molecule has 1 unspecified atom stereocenters. The minimum atomic E-state index is 0.109. The van der Waals surface area contributed by atoms with Crippen LogP contribution in [0, 0.1) is 0 Å². The highest BCUT2D eigenvalue weighted by Crippen LogP contribution is 2.34. The molecule has 0 aliphatic carbocycles. The first-order valence-electron chi connectivity index (χ1n) is 8.15. The molecular weight excluding hydrogens is 324 g/mol. The van der Waals surface area contributed by atoms with Crippen LogP contribution in [-0.2, 0) is 19.5 Å². The van der Waals surface area contributed by atoms with E-state index in [1.54, 1.807) is 6.33 Å². The van der Waals surface area contributed by atoms with Crippen LogP contribution in [0.3, 0.4) is 0 Å². The van der Waals surface area contributed by atoms with Crippen molar-refractivity contribution in [3.05, 3.63) is 64.5 Å². The van der Waals surface area contributed by atoms with Gasteiger partial charge in [0.05, 0.1) is 30.0 Å². The maximum absolute atomic E-state index is 6.07. The van der Waals surface area contributed by atoms with E-state index in [0.717, 1.165) is 42.5 Å². The van der Waals surface area contributed by atoms with E-state index >= 15 is 0 Å². The van der Waals surface area contributed by atoms with E-state index in [1.165, 1.54) is 11.3 Å². The molecule has 124 valence electrons. The fourth-order valence-corrected chi connectivity index (χ4v) is 3.51. The number of aromatic nitrogens is 5. The van der Waals surface area contributed by atoms with E-state index in [4.69, 9.17) is 11.6 Å². The minimum absolute atomic E-state index is 0.109. The third-order valence-corrected chi connectivity index (χ3v) is 4.83. The molecule has 0 saturated carbocycles. The number of hydrogen-bond acceptors (Lipinski definition) is 4. The number of rotatable bonds is 4. The van der Waals surface area contributed by atoms with E-state index < -0.39 is 0 Å². The Balaban J connectivity index is 1.71. The number of nitrogens with one attached hydrogen (secondary N) is 1. The summed E-state index contributed by atoms with van der Waals surface area (Å²) in [4.78, 5) is 10.3. The van der Waals surface area contributed by atoms with Gasteiger partial charge in [-0.2, -0.15) is 0 Å². The number of H-pyrrole nitrogens is 1. The number of nitrogens with zero attached hydrogens (tertiary/aromatic N) is 5. The molecule has 3 aromatic rings. The van der Waals surface area contributed by atoms with Gasteiger partial charge in [0.2, 0.25) is 0 Å². The number of imidazole rings is 1. The Morgan fingerprint density at radius 3 is 2.92 bits per heavy atom. The summed E-state index contributed by atoms with van der Waals surface area (Å²) < 4.78 is 1.94. The molecule has 0 amide bonds. The van der Waals surface area contributed by atoms with Crippen molar-refractivity contribution in [2.45, 2.75) is 32.5 Å². The van der Waals surface area contributed by atoms with E-state index in [-0.39, 0.29) is 6.04 Å². The fraction of sp³-hybridized carbons (Fsp3) is 0.353. The first kappa shape index (κ1) is 15.4. The van der Waals surface area contributed by atoms with Crippen molar-refractivity contribution >= 4 is 11.6 Å². The second-order valence-electron chi connectivity index (χ2n) is 5.98. The molecule has 1 aliphatic heterocycles. The van der Waals surface area contributed by atoms with Gasteiger partial charge in [-0.15, -0.1) is 5.10 Å². The quantitative estimate of drug-likeness (QED) is 0.792. The van der Waals surface area contributed by atoms with Gasteiger partial charge in [-0.3, -0.25) is 4.90 Å². The normalized spacial score (nSPS) is 17.8. The highest BCUT2D eigenvalue weighted by Gasteiger charge is 2.31. The first-order chi connectivity index (χ1) is 11.8. The van der Waals surface area contributed by atoms with E-state index in [1.807, 2.05) is 23.0 Å². The van der Waals surface area contributed by atoms with Crippen LogP contribution in [0.1, 0.15) is 35.6 Å². The lowest BCUT2D eigenvalue weighted by atomic mass is 9.95. The largest absolute Gasteiger partial charge is 0.348 e. The SMILES string of the molecule is CCn1nncc1CN1CCc2[nH]cnc2C1c1ccc(Cl)cc1. The van der Waals surface area contributed by atoms with Crippen molar-refractivity contribution in [3.8, 4) is 0 Å². The summed E-state index contributed by atoms with van der Waals surface area (Å²) in [6, 6.07) is 8.15. The summed E-state index contributed by atoms with van der Waals surface area (Å²) in [7, 11) is 0. The van der Waals surface area contributed by atoms with Crippen LogP contribution in [-0.4, -0.2) is 36.4 Å². The van der Waals surface area contributed by atoms with Gasteiger partial charge in [-0.1, -0.05) is 28.9 Å². The molecule has 0 saturated heterocycles. The first-order valence-corrected chi connectivity index (χ1v) is 8.53. The van der Waals surface area contributed by atoms with Gasteiger partial charge in [0.1, 0.15) is 0 Å².